The van der Waals surface area contributed by atoms with Crippen LogP contribution in [0.3, 0.4) is 0 Å². The summed E-state index contributed by atoms with van der Waals surface area (Å²) in [5.74, 6) is 0.201. The maximum Gasteiger partial charge on any atom is 0.263 e. The maximum atomic E-state index is 13.2. The average molecular weight is 278 g/mol. The van der Waals surface area contributed by atoms with Crippen molar-refractivity contribution in [1.29, 1.82) is 0 Å². The molecule has 0 bridgehead atoms. The SMILES string of the molecule is CC1CC(NC(=O)c2sc3ccc(F)cc3c2N)C1. The van der Waals surface area contributed by atoms with Crippen LogP contribution in [-0.2, 0) is 0 Å². The summed E-state index contributed by atoms with van der Waals surface area (Å²) in [6.07, 6.45) is 2.04. The lowest BCUT2D eigenvalue weighted by Crippen LogP contribution is -2.43. The van der Waals surface area contributed by atoms with Crippen LogP contribution in [0.25, 0.3) is 10.1 Å². The second-order valence-electron chi connectivity index (χ2n) is 5.23. The number of fused-ring (bicyclic) bond motifs is 1. The van der Waals surface area contributed by atoms with E-state index in [-0.39, 0.29) is 17.8 Å². The van der Waals surface area contributed by atoms with Gasteiger partial charge in [0.05, 0.1) is 5.69 Å². The molecule has 1 aromatic carbocycles. The number of thiophene rings is 1. The molecule has 1 fully saturated rings. The van der Waals surface area contributed by atoms with Gasteiger partial charge in [-0.2, -0.15) is 0 Å². The molecule has 0 atom stereocenters. The minimum absolute atomic E-state index is 0.143. The number of amides is 1. The zero-order valence-electron chi connectivity index (χ0n) is 10.6. The van der Waals surface area contributed by atoms with Crippen LogP contribution in [0.5, 0.6) is 0 Å². The predicted molar refractivity (Wildman–Crippen MR) is 75.8 cm³/mol. The van der Waals surface area contributed by atoms with Gasteiger partial charge in [0.1, 0.15) is 10.7 Å². The summed E-state index contributed by atoms with van der Waals surface area (Å²) >= 11 is 1.31. The van der Waals surface area contributed by atoms with Crippen molar-refractivity contribution < 1.29 is 9.18 Å². The first-order valence-electron chi connectivity index (χ1n) is 6.33. The van der Waals surface area contributed by atoms with Crippen molar-refractivity contribution in [1.82, 2.24) is 5.32 Å². The van der Waals surface area contributed by atoms with Crippen molar-refractivity contribution >= 4 is 33.0 Å². The van der Waals surface area contributed by atoms with Gasteiger partial charge in [-0.3, -0.25) is 4.79 Å². The first-order valence-corrected chi connectivity index (χ1v) is 7.14. The minimum Gasteiger partial charge on any atom is -0.397 e. The molecular formula is C14H15FN2OS. The van der Waals surface area contributed by atoms with Crippen molar-refractivity contribution in [2.75, 3.05) is 5.73 Å². The van der Waals surface area contributed by atoms with Crippen LogP contribution in [0.1, 0.15) is 29.4 Å². The Morgan fingerprint density at radius 2 is 2.21 bits per heavy atom. The molecule has 0 spiro atoms. The van der Waals surface area contributed by atoms with Gasteiger partial charge >= 0.3 is 0 Å². The molecule has 0 unspecified atom stereocenters. The Kier molecular flexibility index (Phi) is 2.93. The Hall–Kier alpha value is -1.62. The Bertz CT molecular complexity index is 646. The van der Waals surface area contributed by atoms with Gasteiger partial charge in [0.2, 0.25) is 0 Å². The number of halogens is 1. The van der Waals surface area contributed by atoms with Gasteiger partial charge in [0, 0.05) is 16.1 Å². The normalized spacial score (nSPS) is 22.2. The molecule has 19 heavy (non-hydrogen) atoms. The molecule has 3 rings (SSSR count). The molecule has 100 valence electrons. The van der Waals surface area contributed by atoms with E-state index in [2.05, 4.69) is 12.2 Å². The van der Waals surface area contributed by atoms with E-state index in [9.17, 15) is 9.18 Å². The average Bonchev–Trinajstić information content (AvgIpc) is 2.65. The number of nitrogen functional groups attached to an aromatic ring is 1. The van der Waals surface area contributed by atoms with Gasteiger partial charge in [0.15, 0.2) is 0 Å². The third-order valence-corrected chi connectivity index (χ3v) is 4.79. The van der Waals surface area contributed by atoms with Crippen molar-refractivity contribution in [2.45, 2.75) is 25.8 Å². The van der Waals surface area contributed by atoms with E-state index in [0.29, 0.717) is 21.9 Å². The van der Waals surface area contributed by atoms with Crippen LogP contribution in [0.4, 0.5) is 10.1 Å². The van der Waals surface area contributed by atoms with Crippen molar-refractivity contribution in [3.8, 4) is 0 Å². The fourth-order valence-electron chi connectivity index (χ4n) is 2.53. The fourth-order valence-corrected chi connectivity index (χ4v) is 3.54. The Balaban J connectivity index is 1.87. The van der Waals surface area contributed by atoms with Gasteiger partial charge < -0.3 is 11.1 Å². The Labute approximate surface area is 114 Å². The number of benzene rings is 1. The van der Waals surface area contributed by atoms with E-state index in [0.717, 1.165) is 17.5 Å². The molecule has 0 saturated heterocycles. The van der Waals surface area contributed by atoms with E-state index >= 15 is 0 Å². The van der Waals surface area contributed by atoms with Gasteiger partial charge in [-0.15, -0.1) is 11.3 Å². The number of hydrogen-bond acceptors (Lipinski definition) is 3. The van der Waals surface area contributed by atoms with Crippen LogP contribution >= 0.6 is 11.3 Å². The van der Waals surface area contributed by atoms with Gasteiger partial charge in [-0.05, 0) is 37.0 Å². The highest BCUT2D eigenvalue weighted by Gasteiger charge is 2.28. The minimum atomic E-state index is -0.336. The largest absolute Gasteiger partial charge is 0.397 e. The standard InChI is InChI=1S/C14H15FN2OS/c1-7-4-9(5-7)17-14(18)13-12(16)10-6-8(15)2-3-11(10)19-13/h2-3,6-7,9H,4-5,16H2,1H3,(H,17,18). The lowest BCUT2D eigenvalue weighted by molar-refractivity contribution is 0.0901. The van der Waals surface area contributed by atoms with Crippen molar-refractivity contribution in [3.05, 3.63) is 28.9 Å². The van der Waals surface area contributed by atoms with Crippen LogP contribution in [0, 0.1) is 11.7 Å². The first kappa shape index (κ1) is 12.4. The smallest absolute Gasteiger partial charge is 0.263 e. The summed E-state index contributed by atoms with van der Waals surface area (Å²) in [5, 5.41) is 3.60. The molecule has 1 amide bonds. The quantitative estimate of drug-likeness (QED) is 0.886. The van der Waals surface area contributed by atoms with Crippen LogP contribution in [-0.4, -0.2) is 11.9 Å². The highest BCUT2D eigenvalue weighted by molar-refractivity contribution is 7.21. The molecule has 1 saturated carbocycles. The van der Waals surface area contributed by atoms with E-state index < -0.39 is 0 Å². The van der Waals surface area contributed by atoms with E-state index in [1.165, 1.54) is 23.5 Å². The van der Waals surface area contributed by atoms with E-state index in [1.54, 1.807) is 6.07 Å². The fraction of sp³-hybridized carbons (Fsp3) is 0.357. The number of carbonyl (C=O) groups is 1. The molecule has 0 radical (unpaired) electrons. The second-order valence-corrected chi connectivity index (χ2v) is 6.28. The van der Waals surface area contributed by atoms with Gasteiger partial charge in [-0.25, -0.2) is 4.39 Å². The monoisotopic (exact) mass is 278 g/mol. The molecule has 1 aliphatic rings. The number of carbonyl (C=O) groups excluding carboxylic acids is 1. The molecule has 0 aliphatic heterocycles. The number of anilines is 1. The summed E-state index contributed by atoms with van der Waals surface area (Å²) in [7, 11) is 0. The summed E-state index contributed by atoms with van der Waals surface area (Å²) in [4.78, 5) is 12.6. The van der Waals surface area contributed by atoms with Crippen molar-refractivity contribution in [3.63, 3.8) is 0 Å². The summed E-state index contributed by atoms with van der Waals surface area (Å²) in [5.41, 5.74) is 6.33. The molecule has 1 aliphatic carbocycles. The number of nitrogens with two attached hydrogens (primary N) is 1. The Morgan fingerprint density at radius 1 is 1.47 bits per heavy atom. The molecule has 5 heteroatoms. The van der Waals surface area contributed by atoms with E-state index in [4.69, 9.17) is 5.73 Å². The van der Waals surface area contributed by atoms with Crippen LogP contribution in [0.15, 0.2) is 18.2 Å². The number of rotatable bonds is 2. The summed E-state index contributed by atoms with van der Waals surface area (Å²) < 4.78 is 14.0. The van der Waals surface area contributed by atoms with E-state index in [1.807, 2.05) is 0 Å². The topological polar surface area (TPSA) is 55.1 Å². The van der Waals surface area contributed by atoms with Crippen LogP contribution < -0.4 is 11.1 Å². The number of hydrogen-bond donors (Lipinski definition) is 2. The van der Waals surface area contributed by atoms with Crippen molar-refractivity contribution in [2.24, 2.45) is 5.92 Å². The third-order valence-electron chi connectivity index (χ3n) is 3.60. The van der Waals surface area contributed by atoms with Crippen LogP contribution in [0.2, 0.25) is 0 Å². The molecule has 3 N–H and O–H groups in total. The summed E-state index contributed by atoms with van der Waals surface area (Å²) in [6, 6.07) is 4.68. The van der Waals surface area contributed by atoms with Gasteiger partial charge in [0.25, 0.3) is 5.91 Å². The number of nitrogens with one attached hydrogen (secondary N) is 1. The molecule has 2 aromatic rings. The Morgan fingerprint density at radius 3 is 2.89 bits per heavy atom. The zero-order chi connectivity index (χ0) is 13.6. The first-order chi connectivity index (χ1) is 9.04. The molecule has 1 heterocycles. The molecule has 3 nitrogen and oxygen atoms in total. The molecular weight excluding hydrogens is 263 g/mol. The summed E-state index contributed by atoms with van der Waals surface area (Å²) in [6.45, 7) is 2.17. The lowest BCUT2D eigenvalue weighted by atomic mass is 9.82. The second kappa shape index (κ2) is 4.49. The third kappa shape index (κ3) is 2.18. The highest BCUT2D eigenvalue weighted by atomic mass is 32.1. The molecule has 1 aromatic heterocycles. The lowest BCUT2D eigenvalue weighted by Gasteiger charge is -2.33. The van der Waals surface area contributed by atoms with Gasteiger partial charge in [-0.1, -0.05) is 6.92 Å². The highest BCUT2D eigenvalue weighted by Crippen LogP contribution is 2.34. The maximum absolute atomic E-state index is 13.2. The zero-order valence-corrected chi connectivity index (χ0v) is 11.4. The predicted octanol–water partition coefficient (Wildman–Crippen LogP) is 3.15.